The monoisotopic (exact) mass is 459 g/mol. The molecule has 8 heteroatoms. The molecule has 0 fully saturated rings. The number of rotatable bonds is 4. The third kappa shape index (κ3) is 3.89. The standard InChI is InChI=1S/C25H21N3O4S/c1-32-25(31)15-8-9-20-17(13-15)18-14-28(11-10-21(18)26-20)24(30)16-5-2-3-6-19(16)27-23(29)22-7-4-12-33-22/h2-9,12-13,26H,10-11,14H2,1H3,(H,27,29). The number of methoxy groups -OCH3 is 1. The van der Waals surface area contributed by atoms with Crippen molar-refractivity contribution in [3.05, 3.63) is 87.2 Å². The maximum atomic E-state index is 13.5. The van der Waals surface area contributed by atoms with Gasteiger partial charge in [0.25, 0.3) is 11.8 Å². The minimum atomic E-state index is -0.397. The number of nitrogens with zero attached hydrogens (tertiary/aromatic N) is 1. The van der Waals surface area contributed by atoms with Crippen LogP contribution in [-0.4, -0.2) is 41.3 Å². The summed E-state index contributed by atoms with van der Waals surface area (Å²) >= 11 is 1.35. The number of fused-ring (bicyclic) bond motifs is 3. The number of H-pyrrole nitrogens is 1. The second-order valence-corrected chi connectivity index (χ2v) is 8.74. The van der Waals surface area contributed by atoms with Crippen LogP contribution in [0.5, 0.6) is 0 Å². The Kier molecular flexibility index (Phi) is 5.43. The molecule has 2 N–H and O–H groups in total. The van der Waals surface area contributed by atoms with Gasteiger partial charge in [-0.15, -0.1) is 11.3 Å². The maximum Gasteiger partial charge on any atom is 0.337 e. The van der Waals surface area contributed by atoms with E-state index in [0.29, 0.717) is 41.2 Å². The largest absolute Gasteiger partial charge is 0.465 e. The first kappa shape index (κ1) is 21.0. The second kappa shape index (κ2) is 8.55. The lowest BCUT2D eigenvalue weighted by molar-refractivity contribution is 0.0600. The van der Waals surface area contributed by atoms with Crippen molar-refractivity contribution in [2.45, 2.75) is 13.0 Å². The zero-order valence-corrected chi connectivity index (χ0v) is 18.7. The van der Waals surface area contributed by atoms with Crippen molar-refractivity contribution in [1.29, 1.82) is 0 Å². The number of hydrogen-bond donors (Lipinski definition) is 2. The maximum absolute atomic E-state index is 13.5. The molecular formula is C25H21N3O4S. The van der Waals surface area contributed by atoms with Crippen LogP contribution in [0.3, 0.4) is 0 Å². The van der Waals surface area contributed by atoms with Crippen molar-refractivity contribution in [2.24, 2.45) is 0 Å². The highest BCUT2D eigenvalue weighted by Gasteiger charge is 2.27. The third-order valence-electron chi connectivity index (χ3n) is 5.83. The van der Waals surface area contributed by atoms with E-state index in [1.807, 2.05) is 17.5 Å². The molecule has 5 rings (SSSR count). The number of ether oxygens (including phenoxy) is 1. The summed E-state index contributed by atoms with van der Waals surface area (Å²) < 4.78 is 4.85. The Morgan fingerprint density at radius 1 is 1.09 bits per heavy atom. The zero-order valence-electron chi connectivity index (χ0n) is 17.9. The quantitative estimate of drug-likeness (QED) is 0.441. The number of amides is 2. The van der Waals surface area contributed by atoms with Crippen LogP contribution in [0.1, 0.15) is 41.6 Å². The first-order chi connectivity index (χ1) is 16.0. The highest BCUT2D eigenvalue weighted by atomic mass is 32.1. The summed E-state index contributed by atoms with van der Waals surface area (Å²) in [7, 11) is 1.36. The number of aromatic amines is 1. The summed E-state index contributed by atoms with van der Waals surface area (Å²) in [4.78, 5) is 43.8. The van der Waals surface area contributed by atoms with Gasteiger partial charge in [-0.2, -0.15) is 0 Å². The van der Waals surface area contributed by atoms with E-state index >= 15 is 0 Å². The molecule has 0 atom stereocenters. The first-order valence-electron chi connectivity index (χ1n) is 10.5. The van der Waals surface area contributed by atoms with Crippen LogP contribution in [0.2, 0.25) is 0 Å². The summed E-state index contributed by atoms with van der Waals surface area (Å²) in [5.74, 6) is -0.787. The van der Waals surface area contributed by atoms with Crippen LogP contribution in [0.4, 0.5) is 5.69 Å². The Hall–Kier alpha value is -3.91. The van der Waals surface area contributed by atoms with Gasteiger partial charge in [-0.25, -0.2) is 4.79 Å². The number of esters is 1. The van der Waals surface area contributed by atoms with Crippen molar-refractivity contribution in [1.82, 2.24) is 9.88 Å². The average Bonchev–Trinajstić information content (AvgIpc) is 3.51. The van der Waals surface area contributed by atoms with Gasteiger partial charge in [0.05, 0.1) is 28.8 Å². The Bertz CT molecular complexity index is 1370. The molecule has 166 valence electrons. The van der Waals surface area contributed by atoms with Crippen LogP contribution >= 0.6 is 11.3 Å². The summed E-state index contributed by atoms with van der Waals surface area (Å²) in [5.41, 5.74) is 4.38. The Morgan fingerprint density at radius 2 is 1.94 bits per heavy atom. The fourth-order valence-corrected chi connectivity index (χ4v) is 4.79. The topological polar surface area (TPSA) is 91.5 Å². The van der Waals surface area contributed by atoms with Crippen LogP contribution < -0.4 is 5.32 Å². The second-order valence-electron chi connectivity index (χ2n) is 7.79. The number of thiophene rings is 1. The summed E-state index contributed by atoms with van der Waals surface area (Å²) in [6.07, 6.45) is 0.674. The number of carbonyl (C=O) groups is 3. The highest BCUT2D eigenvalue weighted by Crippen LogP contribution is 2.30. The molecular weight excluding hydrogens is 438 g/mol. The van der Waals surface area contributed by atoms with Crippen molar-refractivity contribution >= 4 is 45.7 Å². The molecule has 0 unspecified atom stereocenters. The van der Waals surface area contributed by atoms with Gasteiger partial charge < -0.3 is 19.9 Å². The number of aromatic nitrogens is 1. The molecule has 0 saturated carbocycles. The van der Waals surface area contributed by atoms with Gasteiger partial charge in [0.1, 0.15) is 0 Å². The van der Waals surface area contributed by atoms with Gasteiger partial charge in [-0.3, -0.25) is 9.59 Å². The lowest BCUT2D eigenvalue weighted by Gasteiger charge is -2.28. The van der Waals surface area contributed by atoms with Crippen LogP contribution in [0.15, 0.2) is 60.0 Å². The van der Waals surface area contributed by atoms with E-state index in [4.69, 9.17) is 4.74 Å². The number of benzene rings is 2. The predicted octanol–water partition coefficient (Wildman–Crippen LogP) is 4.47. The zero-order chi connectivity index (χ0) is 22.9. The van der Waals surface area contributed by atoms with Crippen molar-refractivity contribution in [2.75, 3.05) is 19.0 Å². The Labute approximate surface area is 194 Å². The summed E-state index contributed by atoms with van der Waals surface area (Å²) in [5, 5.41) is 5.61. The van der Waals surface area contributed by atoms with Crippen molar-refractivity contribution in [3.8, 4) is 0 Å². The van der Waals surface area contributed by atoms with Crippen LogP contribution in [0.25, 0.3) is 10.9 Å². The van der Waals surface area contributed by atoms with Gasteiger partial charge in [-0.05, 0) is 41.8 Å². The lowest BCUT2D eigenvalue weighted by atomic mass is 10.0. The molecule has 2 amide bonds. The molecule has 0 saturated heterocycles. The third-order valence-corrected chi connectivity index (χ3v) is 6.70. The molecule has 33 heavy (non-hydrogen) atoms. The first-order valence-corrected chi connectivity index (χ1v) is 11.4. The van der Waals surface area contributed by atoms with Crippen molar-refractivity contribution in [3.63, 3.8) is 0 Å². The van der Waals surface area contributed by atoms with Crippen LogP contribution in [0, 0.1) is 0 Å². The highest BCUT2D eigenvalue weighted by molar-refractivity contribution is 7.12. The fourth-order valence-electron chi connectivity index (χ4n) is 4.17. The van der Waals surface area contributed by atoms with E-state index in [1.165, 1.54) is 18.4 Å². The summed E-state index contributed by atoms with van der Waals surface area (Å²) in [6.45, 7) is 0.960. The molecule has 2 aromatic heterocycles. The number of carbonyl (C=O) groups excluding carboxylic acids is 3. The molecule has 7 nitrogen and oxygen atoms in total. The van der Waals surface area contributed by atoms with E-state index in [0.717, 1.165) is 22.2 Å². The van der Waals surface area contributed by atoms with Gasteiger partial charge in [0, 0.05) is 41.7 Å². The Balaban J connectivity index is 1.43. The fraction of sp³-hybridized carbons (Fsp3) is 0.160. The molecule has 0 spiro atoms. The smallest absolute Gasteiger partial charge is 0.337 e. The van der Waals surface area contributed by atoms with Crippen LogP contribution in [-0.2, 0) is 17.7 Å². The molecule has 4 aromatic rings. The molecule has 1 aliphatic rings. The molecule has 1 aliphatic heterocycles. The minimum Gasteiger partial charge on any atom is -0.465 e. The van der Waals surface area contributed by atoms with E-state index in [9.17, 15) is 14.4 Å². The molecule has 3 heterocycles. The SMILES string of the molecule is COC(=O)c1ccc2[nH]c3c(c2c1)CN(C(=O)c1ccccc1NC(=O)c1cccs1)CC3. The number of hydrogen-bond acceptors (Lipinski definition) is 5. The van der Waals surface area contributed by atoms with Gasteiger partial charge in [-0.1, -0.05) is 18.2 Å². The van der Waals surface area contributed by atoms with Crippen molar-refractivity contribution < 1.29 is 19.1 Å². The molecule has 0 aliphatic carbocycles. The summed E-state index contributed by atoms with van der Waals surface area (Å²) in [6, 6.07) is 16.0. The van der Waals surface area contributed by atoms with E-state index in [-0.39, 0.29) is 11.8 Å². The van der Waals surface area contributed by atoms with E-state index < -0.39 is 5.97 Å². The molecule has 0 bridgehead atoms. The van der Waals surface area contributed by atoms with Gasteiger partial charge in [0.15, 0.2) is 0 Å². The van der Waals surface area contributed by atoms with E-state index in [2.05, 4.69) is 10.3 Å². The predicted molar refractivity (Wildman–Crippen MR) is 127 cm³/mol. The minimum absolute atomic E-state index is 0.152. The number of anilines is 1. The molecule has 0 radical (unpaired) electrons. The average molecular weight is 460 g/mol. The number of nitrogens with one attached hydrogen (secondary N) is 2. The number of para-hydroxylation sites is 1. The molecule has 2 aromatic carbocycles. The normalized spacial score (nSPS) is 12.9. The Morgan fingerprint density at radius 3 is 2.73 bits per heavy atom. The van der Waals surface area contributed by atoms with Gasteiger partial charge in [0.2, 0.25) is 0 Å². The lowest BCUT2D eigenvalue weighted by Crippen LogP contribution is -2.36. The van der Waals surface area contributed by atoms with Gasteiger partial charge >= 0.3 is 5.97 Å². The van der Waals surface area contributed by atoms with E-state index in [1.54, 1.807) is 47.4 Å².